The molecule has 6 rings (SSSR count). The summed E-state index contributed by atoms with van der Waals surface area (Å²) in [6.45, 7) is 7.70. The van der Waals surface area contributed by atoms with Crippen molar-refractivity contribution in [2.24, 2.45) is 11.1 Å². The standard InChI is InChI=1S/C46H49NO7/c1-5-45(3)39-25-24-33(42(49)40(23-16-26-53-6-2)47-54-44(51)32-19-12-8-13-20-32)27-37(39)38-29-34(28-36(41(38)45)31-17-10-7-11-18-31)43(50)46(30-48,52-4)35-21-14-9-15-22-35/h6-7,9-11,14-15,17-18,21-22,24-25,27-29,32,48H,2,5,8,12-13,16,19-20,23,26,30H2,1,3-4H3/b47-40+. The van der Waals surface area contributed by atoms with E-state index >= 15 is 0 Å². The number of carbonyl (C=O) groups excluding carboxylic acids is 3. The van der Waals surface area contributed by atoms with Crippen molar-refractivity contribution >= 4 is 23.2 Å². The maximum Gasteiger partial charge on any atom is 0.338 e. The number of carbonyl (C=O) groups is 3. The van der Waals surface area contributed by atoms with Crippen LogP contribution in [0.1, 0.15) is 103 Å². The van der Waals surface area contributed by atoms with Gasteiger partial charge in [0.05, 0.1) is 25.4 Å². The van der Waals surface area contributed by atoms with Crippen LogP contribution in [0.15, 0.2) is 109 Å². The van der Waals surface area contributed by atoms with E-state index in [4.69, 9.17) is 14.3 Å². The molecule has 0 spiro atoms. The Morgan fingerprint density at radius 2 is 1.57 bits per heavy atom. The highest BCUT2D eigenvalue weighted by Crippen LogP contribution is 2.55. The van der Waals surface area contributed by atoms with Crippen molar-refractivity contribution in [3.63, 3.8) is 0 Å². The normalized spacial score (nSPS) is 17.9. The number of hydrogen-bond acceptors (Lipinski definition) is 8. The Bertz CT molecular complexity index is 2030. The summed E-state index contributed by atoms with van der Waals surface area (Å²) in [7, 11) is 1.43. The van der Waals surface area contributed by atoms with Crippen molar-refractivity contribution in [1.82, 2.24) is 0 Å². The van der Waals surface area contributed by atoms with Crippen LogP contribution in [0.4, 0.5) is 0 Å². The molecule has 1 N–H and O–H groups in total. The highest BCUT2D eigenvalue weighted by atomic mass is 16.7. The first-order chi connectivity index (χ1) is 26.2. The molecule has 2 aliphatic rings. The van der Waals surface area contributed by atoms with Gasteiger partial charge in [0.2, 0.25) is 11.6 Å². The second-order valence-electron chi connectivity index (χ2n) is 14.4. The van der Waals surface area contributed by atoms with Gasteiger partial charge in [-0.2, -0.15) is 0 Å². The Labute approximate surface area is 317 Å². The van der Waals surface area contributed by atoms with Gasteiger partial charge in [0, 0.05) is 30.1 Å². The van der Waals surface area contributed by atoms with Gasteiger partial charge < -0.3 is 19.4 Å². The summed E-state index contributed by atoms with van der Waals surface area (Å²) in [6.07, 6.45) is 7.38. The van der Waals surface area contributed by atoms with Crippen LogP contribution >= 0.6 is 0 Å². The fraction of sp³-hybridized carbons (Fsp3) is 0.348. The van der Waals surface area contributed by atoms with Gasteiger partial charge in [0.25, 0.3) is 0 Å². The molecule has 0 heterocycles. The van der Waals surface area contributed by atoms with Crippen LogP contribution in [-0.2, 0) is 30.1 Å². The highest BCUT2D eigenvalue weighted by Gasteiger charge is 2.44. The molecule has 2 atom stereocenters. The maximum absolute atomic E-state index is 14.7. The van der Waals surface area contributed by atoms with E-state index in [1.54, 1.807) is 12.1 Å². The predicted molar refractivity (Wildman–Crippen MR) is 210 cm³/mol. The van der Waals surface area contributed by atoms with E-state index in [0.29, 0.717) is 29.7 Å². The molecule has 4 aromatic carbocycles. The van der Waals surface area contributed by atoms with Crippen LogP contribution in [0, 0.1) is 5.92 Å². The average molecular weight is 728 g/mol. The zero-order chi connectivity index (χ0) is 38.3. The molecule has 1 saturated carbocycles. The molecule has 2 unspecified atom stereocenters. The molecule has 0 saturated heterocycles. The molecule has 0 amide bonds. The molecular formula is C46H49NO7. The van der Waals surface area contributed by atoms with Crippen LogP contribution < -0.4 is 0 Å². The minimum Gasteiger partial charge on any atom is -0.502 e. The largest absolute Gasteiger partial charge is 0.502 e. The zero-order valence-corrected chi connectivity index (χ0v) is 31.4. The van der Waals surface area contributed by atoms with Gasteiger partial charge in [-0.05, 0) is 82.8 Å². The van der Waals surface area contributed by atoms with E-state index in [0.717, 1.165) is 71.9 Å². The van der Waals surface area contributed by atoms with E-state index in [-0.39, 0.29) is 29.6 Å². The summed E-state index contributed by atoms with van der Waals surface area (Å²) in [5.74, 6) is -1.35. The molecule has 0 aromatic heterocycles. The van der Waals surface area contributed by atoms with Crippen molar-refractivity contribution in [2.45, 2.75) is 76.2 Å². The third-order valence-corrected chi connectivity index (χ3v) is 11.3. The molecule has 4 aromatic rings. The van der Waals surface area contributed by atoms with Crippen molar-refractivity contribution in [1.29, 1.82) is 0 Å². The SMILES string of the molecule is C=COCCC/C(=N\OC(=O)C1CCCCC1)C(=O)c1ccc2c(c1)-c1cc(C(=O)C(CO)(OC)c3ccccc3)cc(-c3ccccc3)c1C2(C)CC. The minimum atomic E-state index is -1.63. The van der Waals surface area contributed by atoms with Crippen molar-refractivity contribution in [3.05, 3.63) is 132 Å². The number of aliphatic hydroxyl groups is 1. The Morgan fingerprint density at radius 1 is 0.907 bits per heavy atom. The lowest BCUT2D eigenvalue weighted by Gasteiger charge is -2.31. The molecular weight excluding hydrogens is 679 g/mol. The van der Waals surface area contributed by atoms with Crippen molar-refractivity contribution < 1.29 is 33.8 Å². The molecule has 2 aliphatic carbocycles. The number of hydrogen-bond donors (Lipinski definition) is 1. The number of rotatable bonds is 16. The first-order valence-corrected chi connectivity index (χ1v) is 18.9. The first kappa shape index (κ1) is 38.5. The number of ketones is 2. The topological polar surface area (TPSA) is 111 Å². The molecule has 0 bridgehead atoms. The molecule has 8 nitrogen and oxygen atoms in total. The van der Waals surface area contributed by atoms with E-state index in [1.807, 2.05) is 78.9 Å². The van der Waals surface area contributed by atoms with E-state index in [9.17, 15) is 19.5 Å². The summed E-state index contributed by atoms with van der Waals surface area (Å²) in [4.78, 5) is 47.4. The second kappa shape index (κ2) is 16.9. The number of nitrogens with zero attached hydrogens (tertiary/aromatic N) is 1. The Kier molecular flexibility index (Phi) is 12.0. The molecule has 8 heteroatoms. The molecule has 1 fully saturated rings. The van der Waals surface area contributed by atoms with Crippen molar-refractivity contribution in [3.8, 4) is 22.3 Å². The van der Waals surface area contributed by atoms with Crippen LogP contribution in [0.5, 0.6) is 0 Å². The van der Waals surface area contributed by atoms with Crippen molar-refractivity contribution in [2.75, 3.05) is 20.3 Å². The number of benzene rings is 4. The lowest BCUT2D eigenvalue weighted by atomic mass is 9.74. The van der Waals surface area contributed by atoms with Gasteiger partial charge in [-0.15, -0.1) is 0 Å². The highest BCUT2D eigenvalue weighted by molar-refractivity contribution is 6.46. The summed E-state index contributed by atoms with van der Waals surface area (Å²) in [5.41, 5.74) is 4.91. The Balaban J connectivity index is 1.47. The average Bonchev–Trinajstić information content (AvgIpc) is 3.48. The van der Waals surface area contributed by atoms with E-state index in [2.05, 4.69) is 25.6 Å². The smallest absolute Gasteiger partial charge is 0.338 e. The van der Waals surface area contributed by atoms with Crippen LogP contribution in [0.2, 0.25) is 0 Å². The zero-order valence-electron chi connectivity index (χ0n) is 31.4. The number of aliphatic hydroxyl groups excluding tert-OH is 1. The summed E-state index contributed by atoms with van der Waals surface area (Å²) in [5, 5.41) is 14.9. The van der Waals surface area contributed by atoms with E-state index < -0.39 is 23.6 Å². The Hall–Kier alpha value is -5.18. The van der Waals surface area contributed by atoms with Gasteiger partial charge in [-0.3, -0.25) is 9.59 Å². The van der Waals surface area contributed by atoms with Gasteiger partial charge in [0.1, 0.15) is 5.71 Å². The van der Waals surface area contributed by atoms with Gasteiger partial charge in [-0.1, -0.05) is 118 Å². The third kappa shape index (κ3) is 7.33. The second-order valence-corrected chi connectivity index (χ2v) is 14.4. The summed E-state index contributed by atoms with van der Waals surface area (Å²) in [6, 6.07) is 28.4. The van der Waals surface area contributed by atoms with Crippen LogP contribution in [0.25, 0.3) is 22.3 Å². The predicted octanol–water partition coefficient (Wildman–Crippen LogP) is 9.37. The summed E-state index contributed by atoms with van der Waals surface area (Å²) < 4.78 is 11.2. The maximum atomic E-state index is 14.7. The molecule has 54 heavy (non-hydrogen) atoms. The van der Waals surface area contributed by atoms with Gasteiger partial charge >= 0.3 is 5.97 Å². The third-order valence-electron chi connectivity index (χ3n) is 11.3. The molecule has 280 valence electrons. The lowest BCUT2D eigenvalue weighted by molar-refractivity contribution is -0.149. The molecule has 0 aliphatic heterocycles. The first-order valence-electron chi connectivity index (χ1n) is 18.9. The molecule has 0 radical (unpaired) electrons. The van der Waals surface area contributed by atoms with E-state index in [1.165, 1.54) is 13.4 Å². The van der Waals surface area contributed by atoms with Crippen LogP contribution in [-0.4, -0.2) is 48.7 Å². The Morgan fingerprint density at radius 3 is 2.22 bits per heavy atom. The van der Waals surface area contributed by atoms with Gasteiger partial charge in [0.15, 0.2) is 5.60 Å². The summed E-state index contributed by atoms with van der Waals surface area (Å²) >= 11 is 0. The van der Waals surface area contributed by atoms with Crippen LogP contribution in [0.3, 0.4) is 0 Å². The number of oxime groups is 1. The number of methoxy groups -OCH3 is 1. The number of fused-ring (bicyclic) bond motifs is 3. The fourth-order valence-corrected chi connectivity index (χ4v) is 8.11. The quantitative estimate of drug-likeness (QED) is 0.0306. The number of ether oxygens (including phenoxy) is 2. The fourth-order valence-electron chi connectivity index (χ4n) is 8.11. The monoisotopic (exact) mass is 727 g/mol. The lowest BCUT2D eigenvalue weighted by Crippen LogP contribution is -2.41. The van der Waals surface area contributed by atoms with Gasteiger partial charge in [-0.25, -0.2) is 4.79 Å². The number of Topliss-reactive ketones (excluding diaryl/α,β-unsaturated/α-hetero) is 2. The minimum absolute atomic E-state index is 0.132.